The molecule has 1 aromatic heterocycles. The summed E-state index contributed by atoms with van der Waals surface area (Å²) in [5.74, 6) is 1.27. The standard InChI is InChI=1S/C23H17ClN2O2/c1-12-7-9-14(10-8-12)19-17-11-18(24)15-5-3-4-6-16(15)21(17)28-23-20(19)22(27)25-13(2)26-23/h3-11,19H,1-2H3,(H,25,26,27)/t19-/m0/s1. The summed E-state index contributed by atoms with van der Waals surface area (Å²) < 4.78 is 6.19. The number of aromatic amines is 1. The van der Waals surface area contributed by atoms with Crippen molar-refractivity contribution in [1.82, 2.24) is 9.97 Å². The van der Waals surface area contributed by atoms with E-state index >= 15 is 0 Å². The van der Waals surface area contributed by atoms with Crippen LogP contribution in [0.1, 0.15) is 34.0 Å². The Morgan fingerprint density at radius 1 is 1.04 bits per heavy atom. The molecule has 0 aliphatic carbocycles. The van der Waals surface area contributed by atoms with Crippen LogP contribution in [-0.2, 0) is 0 Å². The van der Waals surface area contributed by atoms with Crippen molar-refractivity contribution >= 4 is 22.4 Å². The topological polar surface area (TPSA) is 55.0 Å². The summed E-state index contributed by atoms with van der Waals surface area (Å²) in [7, 11) is 0. The van der Waals surface area contributed by atoms with Gasteiger partial charge < -0.3 is 9.72 Å². The fraction of sp³-hybridized carbons (Fsp3) is 0.130. The molecule has 0 saturated heterocycles. The van der Waals surface area contributed by atoms with E-state index in [1.807, 2.05) is 61.5 Å². The second-order valence-electron chi connectivity index (χ2n) is 7.14. The van der Waals surface area contributed by atoms with Crippen molar-refractivity contribution in [2.24, 2.45) is 0 Å². The lowest BCUT2D eigenvalue weighted by molar-refractivity contribution is 0.433. The summed E-state index contributed by atoms with van der Waals surface area (Å²) in [6.45, 7) is 3.79. The zero-order chi connectivity index (χ0) is 19.4. The molecule has 1 N–H and O–H groups in total. The molecule has 0 radical (unpaired) electrons. The van der Waals surface area contributed by atoms with E-state index in [9.17, 15) is 4.79 Å². The number of hydrogen-bond donors (Lipinski definition) is 1. The molecule has 1 aliphatic rings. The molecule has 0 spiro atoms. The molecule has 4 nitrogen and oxygen atoms in total. The number of rotatable bonds is 1. The molecule has 0 saturated carbocycles. The van der Waals surface area contributed by atoms with Crippen molar-refractivity contribution in [2.75, 3.05) is 0 Å². The average Bonchev–Trinajstić information content (AvgIpc) is 2.68. The Hall–Kier alpha value is -3.11. The second-order valence-corrected chi connectivity index (χ2v) is 7.55. The van der Waals surface area contributed by atoms with Gasteiger partial charge in [0.2, 0.25) is 5.88 Å². The number of fused-ring (bicyclic) bond motifs is 4. The first-order chi connectivity index (χ1) is 13.5. The number of hydrogen-bond acceptors (Lipinski definition) is 3. The maximum absolute atomic E-state index is 12.9. The summed E-state index contributed by atoms with van der Waals surface area (Å²) >= 11 is 6.61. The Bertz CT molecular complexity index is 1290. The number of nitrogens with one attached hydrogen (secondary N) is 1. The van der Waals surface area contributed by atoms with Gasteiger partial charge in [0.1, 0.15) is 11.6 Å². The van der Waals surface area contributed by atoms with E-state index in [4.69, 9.17) is 16.3 Å². The van der Waals surface area contributed by atoms with Gasteiger partial charge in [-0.1, -0.05) is 65.7 Å². The van der Waals surface area contributed by atoms with Crippen LogP contribution in [0.3, 0.4) is 0 Å². The maximum atomic E-state index is 12.9. The van der Waals surface area contributed by atoms with Gasteiger partial charge in [0.15, 0.2) is 0 Å². The van der Waals surface area contributed by atoms with Gasteiger partial charge in [0.25, 0.3) is 5.56 Å². The van der Waals surface area contributed by atoms with Crippen molar-refractivity contribution in [3.8, 4) is 11.6 Å². The van der Waals surface area contributed by atoms with Gasteiger partial charge in [-0.25, -0.2) is 0 Å². The molecule has 0 fully saturated rings. The van der Waals surface area contributed by atoms with Gasteiger partial charge in [-0.3, -0.25) is 4.79 Å². The van der Waals surface area contributed by atoms with Crippen molar-refractivity contribution in [3.05, 3.63) is 98.1 Å². The number of benzene rings is 3. The number of halogens is 1. The third kappa shape index (κ3) is 2.53. The molecule has 0 bridgehead atoms. The lowest BCUT2D eigenvalue weighted by Gasteiger charge is -2.28. The van der Waals surface area contributed by atoms with Crippen LogP contribution in [-0.4, -0.2) is 9.97 Å². The third-order valence-corrected chi connectivity index (χ3v) is 5.53. The van der Waals surface area contributed by atoms with Crippen LogP contribution >= 0.6 is 11.6 Å². The lowest BCUT2D eigenvalue weighted by atomic mass is 9.82. The molecule has 5 heteroatoms. The average molecular weight is 389 g/mol. The quantitative estimate of drug-likeness (QED) is 0.413. The van der Waals surface area contributed by atoms with Crippen LogP contribution in [0.15, 0.2) is 59.4 Å². The minimum atomic E-state index is -0.307. The number of nitrogens with zero attached hydrogens (tertiary/aromatic N) is 1. The molecule has 0 amide bonds. The van der Waals surface area contributed by atoms with E-state index in [-0.39, 0.29) is 11.5 Å². The molecule has 138 valence electrons. The van der Waals surface area contributed by atoms with E-state index in [0.717, 1.165) is 27.5 Å². The Morgan fingerprint density at radius 2 is 1.75 bits per heavy atom. The summed E-state index contributed by atoms with van der Waals surface area (Å²) in [6, 6.07) is 17.9. The predicted octanol–water partition coefficient (Wildman–Crippen LogP) is 5.48. The number of H-pyrrole nitrogens is 1. The molecular formula is C23H17ClN2O2. The minimum absolute atomic E-state index is 0.192. The highest BCUT2D eigenvalue weighted by molar-refractivity contribution is 6.36. The SMILES string of the molecule is Cc1ccc([C@H]2c3cc(Cl)c4ccccc4c3Oc3nc(C)[nH]c(=O)c32)cc1. The summed E-state index contributed by atoms with van der Waals surface area (Å²) in [5.41, 5.74) is 3.34. The monoisotopic (exact) mass is 388 g/mol. The van der Waals surface area contributed by atoms with Gasteiger partial charge >= 0.3 is 0 Å². The first-order valence-corrected chi connectivity index (χ1v) is 9.47. The first kappa shape index (κ1) is 17.0. The fourth-order valence-corrected chi connectivity index (χ4v) is 4.19. The smallest absolute Gasteiger partial charge is 0.258 e. The Labute approximate surface area is 166 Å². The molecular weight excluding hydrogens is 372 g/mol. The molecule has 5 rings (SSSR count). The molecule has 0 unspecified atom stereocenters. The van der Waals surface area contributed by atoms with Crippen LogP contribution in [0.5, 0.6) is 11.6 Å². The van der Waals surface area contributed by atoms with Gasteiger partial charge in [0, 0.05) is 27.3 Å². The minimum Gasteiger partial charge on any atom is -0.437 e. The second kappa shape index (κ2) is 6.21. The summed E-state index contributed by atoms with van der Waals surface area (Å²) in [6.07, 6.45) is 0. The van der Waals surface area contributed by atoms with Gasteiger partial charge in [-0.15, -0.1) is 0 Å². The molecule has 1 aliphatic heterocycles. The van der Waals surface area contributed by atoms with E-state index in [1.165, 1.54) is 0 Å². The van der Waals surface area contributed by atoms with E-state index in [1.54, 1.807) is 6.92 Å². The van der Waals surface area contributed by atoms with Crippen LogP contribution in [0, 0.1) is 13.8 Å². The molecule has 28 heavy (non-hydrogen) atoms. The van der Waals surface area contributed by atoms with Crippen molar-refractivity contribution in [1.29, 1.82) is 0 Å². The number of aryl methyl sites for hydroxylation is 2. The molecule has 3 aromatic carbocycles. The molecule has 1 atom stereocenters. The highest BCUT2D eigenvalue weighted by Gasteiger charge is 2.34. The predicted molar refractivity (Wildman–Crippen MR) is 111 cm³/mol. The normalized spacial score (nSPS) is 15.0. The largest absolute Gasteiger partial charge is 0.437 e. The Balaban J connectivity index is 1.88. The molecule has 4 aromatic rings. The van der Waals surface area contributed by atoms with Crippen molar-refractivity contribution < 1.29 is 4.74 Å². The van der Waals surface area contributed by atoms with Crippen LogP contribution in [0.4, 0.5) is 0 Å². The van der Waals surface area contributed by atoms with Gasteiger partial charge in [-0.05, 0) is 25.5 Å². The van der Waals surface area contributed by atoms with E-state index in [2.05, 4.69) is 9.97 Å². The number of ether oxygens (including phenoxy) is 1. The zero-order valence-corrected chi connectivity index (χ0v) is 16.2. The van der Waals surface area contributed by atoms with Crippen molar-refractivity contribution in [2.45, 2.75) is 19.8 Å². The van der Waals surface area contributed by atoms with Crippen molar-refractivity contribution in [3.63, 3.8) is 0 Å². The van der Waals surface area contributed by atoms with Crippen LogP contribution in [0.25, 0.3) is 10.8 Å². The fourth-order valence-electron chi connectivity index (χ4n) is 3.91. The zero-order valence-electron chi connectivity index (χ0n) is 15.4. The Kier molecular flexibility index (Phi) is 3.78. The van der Waals surface area contributed by atoms with Gasteiger partial charge in [0.05, 0.1) is 5.56 Å². The molecule has 2 heterocycles. The highest BCUT2D eigenvalue weighted by Crippen LogP contribution is 2.49. The third-order valence-electron chi connectivity index (χ3n) is 5.22. The maximum Gasteiger partial charge on any atom is 0.258 e. The lowest BCUT2D eigenvalue weighted by Crippen LogP contribution is -2.24. The summed E-state index contributed by atoms with van der Waals surface area (Å²) in [5, 5.41) is 2.46. The van der Waals surface area contributed by atoms with E-state index in [0.29, 0.717) is 28.0 Å². The van der Waals surface area contributed by atoms with Crippen LogP contribution < -0.4 is 10.3 Å². The summed E-state index contributed by atoms with van der Waals surface area (Å²) in [4.78, 5) is 20.2. The van der Waals surface area contributed by atoms with E-state index < -0.39 is 0 Å². The van der Waals surface area contributed by atoms with Gasteiger partial charge in [-0.2, -0.15) is 4.98 Å². The number of aromatic nitrogens is 2. The van der Waals surface area contributed by atoms with Crippen LogP contribution in [0.2, 0.25) is 5.02 Å². The first-order valence-electron chi connectivity index (χ1n) is 9.09. The Morgan fingerprint density at radius 3 is 2.50 bits per heavy atom. The highest BCUT2D eigenvalue weighted by atomic mass is 35.5.